The van der Waals surface area contributed by atoms with Gasteiger partial charge in [0.1, 0.15) is 5.75 Å². The first-order valence-corrected chi connectivity index (χ1v) is 7.75. The summed E-state index contributed by atoms with van der Waals surface area (Å²) in [6.45, 7) is 0.906. The van der Waals surface area contributed by atoms with Gasteiger partial charge < -0.3 is 4.74 Å². The van der Waals surface area contributed by atoms with Crippen LogP contribution >= 0.6 is 0 Å². The summed E-state index contributed by atoms with van der Waals surface area (Å²) in [4.78, 5) is 4.43. The third kappa shape index (κ3) is 4.51. The van der Waals surface area contributed by atoms with Gasteiger partial charge in [0.05, 0.1) is 6.10 Å². The molecule has 0 aliphatic heterocycles. The molecule has 4 heteroatoms. The van der Waals surface area contributed by atoms with E-state index in [1.165, 1.54) is 12.8 Å². The summed E-state index contributed by atoms with van der Waals surface area (Å²) in [6, 6.07) is 7.72. The molecular formula is C17H21F2NO. The molecule has 0 saturated heterocycles. The number of alkyl halides is 2. The molecule has 21 heavy (non-hydrogen) atoms. The predicted molar refractivity (Wildman–Crippen MR) is 79.5 cm³/mol. The van der Waals surface area contributed by atoms with Gasteiger partial charge in [-0.25, -0.2) is 8.78 Å². The maximum absolute atomic E-state index is 13.1. The third-order valence-corrected chi connectivity index (χ3v) is 4.13. The van der Waals surface area contributed by atoms with Crippen LogP contribution in [0.4, 0.5) is 8.78 Å². The Morgan fingerprint density at radius 3 is 2.67 bits per heavy atom. The number of ether oxygens (including phenoxy) is 1. The topological polar surface area (TPSA) is 21.6 Å². The highest BCUT2D eigenvalue weighted by Crippen LogP contribution is 2.34. The molecule has 0 amide bonds. The fourth-order valence-corrected chi connectivity index (χ4v) is 2.60. The maximum atomic E-state index is 13.1. The molecule has 2 fully saturated rings. The van der Waals surface area contributed by atoms with Gasteiger partial charge in [0.2, 0.25) is 5.92 Å². The quantitative estimate of drug-likeness (QED) is 0.734. The Hall–Kier alpha value is -1.45. The zero-order valence-electron chi connectivity index (χ0n) is 12.1. The lowest BCUT2D eigenvalue weighted by atomic mass is 9.94. The highest BCUT2D eigenvalue weighted by molar-refractivity contribution is 5.80. The van der Waals surface area contributed by atoms with Crippen molar-refractivity contribution in [1.29, 1.82) is 0 Å². The number of benzene rings is 1. The van der Waals surface area contributed by atoms with E-state index in [2.05, 4.69) is 4.99 Å². The molecule has 0 N–H and O–H groups in total. The van der Waals surface area contributed by atoms with Crippen LogP contribution in [0.15, 0.2) is 29.3 Å². The van der Waals surface area contributed by atoms with Gasteiger partial charge >= 0.3 is 0 Å². The van der Waals surface area contributed by atoms with E-state index in [1.54, 1.807) is 0 Å². The van der Waals surface area contributed by atoms with Gasteiger partial charge in [-0.1, -0.05) is 12.1 Å². The summed E-state index contributed by atoms with van der Waals surface area (Å²) in [5.41, 5.74) is 1.01. The van der Waals surface area contributed by atoms with Crippen molar-refractivity contribution in [2.75, 3.05) is 6.54 Å². The van der Waals surface area contributed by atoms with Crippen molar-refractivity contribution in [3.05, 3.63) is 29.8 Å². The van der Waals surface area contributed by atoms with E-state index in [9.17, 15) is 8.78 Å². The van der Waals surface area contributed by atoms with E-state index in [-0.39, 0.29) is 18.9 Å². The Kier molecular flexibility index (Phi) is 4.22. The molecule has 1 aromatic carbocycles. The number of nitrogens with zero attached hydrogens (tertiary/aromatic N) is 1. The van der Waals surface area contributed by atoms with Crippen LogP contribution in [-0.4, -0.2) is 24.8 Å². The fourth-order valence-electron chi connectivity index (χ4n) is 2.60. The molecule has 3 rings (SSSR count). The van der Waals surface area contributed by atoms with Crippen molar-refractivity contribution >= 4 is 6.21 Å². The Bertz CT molecular complexity index is 501. The Balaban J connectivity index is 1.54. The molecule has 2 aliphatic carbocycles. The van der Waals surface area contributed by atoms with Crippen molar-refractivity contribution in [2.45, 2.75) is 50.6 Å². The fraction of sp³-hybridized carbons (Fsp3) is 0.588. The summed E-state index contributed by atoms with van der Waals surface area (Å²) in [5.74, 6) is -0.970. The predicted octanol–water partition coefficient (Wildman–Crippen LogP) is 4.47. The van der Waals surface area contributed by atoms with Crippen LogP contribution in [0.1, 0.15) is 44.1 Å². The third-order valence-electron chi connectivity index (χ3n) is 4.13. The van der Waals surface area contributed by atoms with Crippen LogP contribution < -0.4 is 4.74 Å². The first kappa shape index (κ1) is 14.5. The summed E-state index contributed by atoms with van der Waals surface area (Å²) in [7, 11) is 0. The molecule has 0 unspecified atom stereocenters. The largest absolute Gasteiger partial charge is 0.490 e. The van der Waals surface area contributed by atoms with Crippen molar-refractivity contribution in [3.63, 3.8) is 0 Å². The minimum Gasteiger partial charge on any atom is -0.490 e. The molecular weight excluding hydrogens is 272 g/mol. The molecule has 2 nitrogen and oxygen atoms in total. The molecule has 2 saturated carbocycles. The molecule has 0 radical (unpaired) electrons. The van der Waals surface area contributed by atoms with Crippen LogP contribution in [0.25, 0.3) is 0 Å². The Labute approximate surface area is 124 Å². The van der Waals surface area contributed by atoms with E-state index in [0.717, 1.165) is 23.8 Å². The summed E-state index contributed by atoms with van der Waals surface area (Å²) >= 11 is 0. The molecule has 0 heterocycles. The number of hydrogen-bond acceptors (Lipinski definition) is 2. The lowest BCUT2D eigenvalue weighted by Gasteiger charge is -2.28. The second kappa shape index (κ2) is 6.12. The van der Waals surface area contributed by atoms with Gasteiger partial charge in [0.25, 0.3) is 0 Å². The lowest BCUT2D eigenvalue weighted by Crippen LogP contribution is -2.30. The Morgan fingerprint density at radius 2 is 1.95 bits per heavy atom. The van der Waals surface area contributed by atoms with Gasteiger partial charge in [-0.3, -0.25) is 4.99 Å². The number of rotatable bonds is 5. The van der Waals surface area contributed by atoms with Crippen LogP contribution in [0, 0.1) is 5.92 Å². The normalized spacial score (nSPS) is 22.6. The van der Waals surface area contributed by atoms with Gasteiger partial charge in [0, 0.05) is 25.6 Å². The van der Waals surface area contributed by atoms with Crippen molar-refractivity contribution in [1.82, 2.24) is 0 Å². The standard InChI is InChI=1S/C17H21F2NO/c18-17(19)8-6-15(7-9-17)21-16-3-1-2-14(10-16)12-20-11-13-4-5-13/h1-3,10,12-13,15H,4-9,11H2. The van der Waals surface area contributed by atoms with Crippen molar-refractivity contribution < 1.29 is 13.5 Å². The Morgan fingerprint density at radius 1 is 1.19 bits per heavy atom. The second-order valence-electron chi connectivity index (χ2n) is 6.18. The van der Waals surface area contributed by atoms with E-state index in [4.69, 9.17) is 4.74 Å². The summed E-state index contributed by atoms with van der Waals surface area (Å²) < 4.78 is 32.1. The van der Waals surface area contributed by atoms with E-state index in [1.807, 2.05) is 30.5 Å². The number of hydrogen-bond donors (Lipinski definition) is 0. The molecule has 0 aromatic heterocycles. The molecule has 0 bridgehead atoms. The lowest BCUT2D eigenvalue weighted by molar-refractivity contribution is -0.0582. The van der Waals surface area contributed by atoms with E-state index in [0.29, 0.717) is 12.8 Å². The van der Waals surface area contributed by atoms with Gasteiger partial charge in [-0.05, 0) is 49.3 Å². The van der Waals surface area contributed by atoms with Crippen LogP contribution in [-0.2, 0) is 0 Å². The van der Waals surface area contributed by atoms with E-state index >= 15 is 0 Å². The summed E-state index contributed by atoms with van der Waals surface area (Å²) in [6.07, 6.45) is 5.09. The zero-order chi connectivity index (χ0) is 14.7. The average molecular weight is 293 g/mol. The first-order chi connectivity index (χ1) is 10.1. The highest BCUT2D eigenvalue weighted by Gasteiger charge is 2.35. The minimum atomic E-state index is -2.50. The average Bonchev–Trinajstić information content (AvgIpc) is 3.26. The van der Waals surface area contributed by atoms with Crippen LogP contribution in [0.5, 0.6) is 5.75 Å². The second-order valence-corrected chi connectivity index (χ2v) is 6.18. The van der Waals surface area contributed by atoms with Gasteiger partial charge in [-0.2, -0.15) is 0 Å². The van der Waals surface area contributed by atoms with E-state index < -0.39 is 5.92 Å². The monoisotopic (exact) mass is 293 g/mol. The van der Waals surface area contributed by atoms with Crippen molar-refractivity contribution in [2.24, 2.45) is 10.9 Å². The number of aliphatic imine (C=N–C) groups is 1. The van der Waals surface area contributed by atoms with Crippen molar-refractivity contribution in [3.8, 4) is 5.75 Å². The molecule has 0 spiro atoms. The SMILES string of the molecule is FC1(F)CCC(Oc2cccc(C=NCC3CC3)c2)CC1. The molecule has 0 atom stereocenters. The first-order valence-electron chi connectivity index (χ1n) is 7.75. The molecule has 114 valence electrons. The number of halogens is 2. The zero-order valence-corrected chi connectivity index (χ0v) is 12.1. The summed E-state index contributed by atoms with van der Waals surface area (Å²) in [5, 5.41) is 0. The molecule has 1 aromatic rings. The minimum absolute atomic E-state index is 0.0692. The van der Waals surface area contributed by atoms with Crippen LogP contribution in [0.2, 0.25) is 0 Å². The smallest absolute Gasteiger partial charge is 0.248 e. The maximum Gasteiger partial charge on any atom is 0.248 e. The van der Waals surface area contributed by atoms with Gasteiger partial charge in [-0.15, -0.1) is 0 Å². The van der Waals surface area contributed by atoms with Gasteiger partial charge in [0.15, 0.2) is 0 Å². The van der Waals surface area contributed by atoms with Crippen LogP contribution in [0.3, 0.4) is 0 Å². The molecule has 2 aliphatic rings. The highest BCUT2D eigenvalue weighted by atomic mass is 19.3.